The Morgan fingerprint density at radius 3 is 2.17 bits per heavy atom. The summed E-state index contributed by atoms with van der Waals surface area (Å²) in [5.41, 5.74) is 0. The molecule has 0 aliphatic carbocycles. The van der Waals surface area contributed by atoms with Gasteiger partial charge in [-0.3, -0.25) is 0 Å². The molecule has 72 valence electrons. The molecule has 5 nitrogen and oxygen atoms in total. The lowest BCUT2D eigenvalue weighted by molar-refractivity contribution is -0.224. The molecule has 1 saturated heterocycles. The SMILES string of the molecule is CC1OC(CO)C(O)[C@H](O)[C@H]1O. The van der Waals surface area contributed by atoms with Crippen molar-refractivity contribution in [2.45, 2.75) is 37.4 Å². The normalized spacial score (nSPS) is 49.2. The lowest BCUT2D eigenvalue weighted by Crippen LogP contribution is -2.57. The van der Waals surface area contributed by atoms with Crippen LogP contribution in [0.4, 0.5) is 0 Å². The van der Waals surface area contributed by atoms with Crippen molar-refractivity contribution in [3.8, 4) is 0 Å². The zero-order valence-electron chi connectivity index (χ0n) is 6.79. The van der Waals surface area contributed by atoms with E-state index in [4.69, 9.17) is 9.84 Å². The Kier molecular flexibility index (Phi) is 3.03. The van der Waals surface area contributed by atoms with Gasteiger partial charge in [-0.25, -0.2) is 0 Å². The second-order valence-corrected chi connectivity index (χ2v) is 3.03. The van der Waals surface area contributed by atoms with Crippen LogP contribution in [0.2, 0.25) is 0 Å². The number of aliphatic hydroxyl groups excluding tert-OH is 4. The summed E-state index contributed by atoms with van der Waals surface area (Å²) in [5, 5.41) is 36.4. The molecule has 1 fully saturated rings. The first-order valence-electron chi connectivity index (χ1n) is 3.88. The number of hydrogen-bond donors (Lipinski definition) is 4. The van der Waals surface area contributed by atoms with Gasteiger partial charge >= 0.3 is 0 Å². The van der Waals surface area contributed by atoms with Gasteiger partial charge in [-0.15, -0.1) is 0 Å². The van der Waals surface area contributed by atoms with Gasteiger partial charge in [0.25, 0.3) is 0 Å². The lowest BCUT2D eigenvalue weighted by Gasteiger charge is -2.38. The smallest absolute Gasteiger partial charge is 0.111 e. The van der Waals surface area contributed by atoms with Crippen molar-refractivity contribution >= 4 is 0 Å². The van der Waals surface area contributed by atoms with Crippen LogP contribution in [-0.2, 0) is 4.74 Å². The molecule has 4 N–H and O–H groups in total. The van der Waals surface area contributed by atoms with E-state index >= 15 is 0 Å². The molecular weight excluding hydrogens is 164 g/mol. The zero-order chi connectivity index (χ0) is 9.30. The number of ether oxygens (including phenoxy) is 1. The monoisotopic (exact) mass is 178 g/mol. The van der Waals surface area contributed by atoms with Gasteiger partial charge in [0.2, 0.25) is 0 Å². The first kappa shape index (κ1) is 9.88. The highest BCUT2D eigenvalue weighted by Crippen LogP contribution is 2.20. The van der Waals surface area contributed by atoms with Gasteiger partial charge in [0.15, 0.2) is 0 Å². The highest BCUT2D eigenvalue weighted by molar-refractivity contribution is 4.89. The Morgan fingerprint density at radius 2 is 1.67 bits per heavy atom. The molecule has 1 aliphatic rings. The molecule has 0 saturated carbocycles. The average Bonchev–Trinajstić information content (AvgIpc) is 2.08. The molecule has 3 unspecified atom stereocenters. The predicted molar refractivity (Wildman–Crippen MR) is 39.4 cm³/mol. The van der Waals surface area contributed by atoms with Gasteiger partial charge in [-0.05, 0) is 6.92 Å². The van der Waals surface area contributed by atoms with Gasteiger partial charge in [0.05, 0.1) is 12.7 Å². The summed E-state index contributed by atoms with van der Waals surface area (Å²) in [7, 11) is 0. The topological polar surface area (TPSA) is 90.2 Å². The van der Waals surface area contributed by atoms with Crippen LogP contribution in [0.1, 0.15) is 6.92 Å². The highest BCUT2D eigenvalue weighted by Gasteiger charge is 2.41. The van der Waals surface area contributed by atoms with Crippen LogP contribution in [-0.4, -0.2) is 57.6 Å². The van der Waals surface area contributed by atoms with E-state index in [1.807, 2.05) is 0 Å². The van der Waals surface area contributed by atoms with Crippen LogP contribution in [0.3, 0.4) is 0 Å². The van der Waals surface area contributed by atoms with Gasteiger partial charge in [0, 0.05) is 0 Å². The van der Waals surface area contributed by atoms with E-state index in [1.54, 1.807) is 6.92 Å². The summed E-state index contributed by atoms with van der Waals surface area (Å²) in [6, 6.07) is 0. The van der Waals surface area contributed by atoms with Crippen LogP contribution in [0.5, 0.6) is 0 Å². The molecule has 0 bridgehead atoms. The fourth-order valence-corrected chi connectivity index (χ4v) is 1.29. The van der Waals surface area contributed by atoms with Gasteiger partial charge in [-0.1, -0.05) is 0 Å². The maximum absolute atomic E-state index is 9.23. The highest BCUT2D eigenvalue weighted by atomic mass is 16.5. The van der Waals surface area contributed by atoms with Crippen LogP contribution < -0.4 is 0 Å². The molecule has 0 aromatic heterocycles. The molecule has 5 atom stereocenters. The third-order valence-electron chi connectivity index (χ3n) is 2.13. The Balaban J connectivity index is 2.63. The quantitative estimate of drug-likeness (QED) is 0.367. The van der Waals surface area contributed by atoms with Gasteiger partial charge in [-0.2, -0.15) is 0 Å². The number of hydrogen-bond acceptors (Lipinski definition) is 5. The Morgan fingerprint density at radius 1 is 1.08 bits per heavy atom. The van der Waals surface area contributed by atoms with Crippen LogP contribution >= 0.6 is 0 Å². The van der Waals surface area contributed by atoms with E-state index in [1.165, 1.54) is 0 Å². The van der Waals surface area contributed by atoms with E-state index in [0.29, 0.717) is 0 Å². The maximum Gasteiger partial charge on any atom is 0.111 e. The minimum atomic E-state index is -1.24. The van der Waals surface area contributed by atoms with Crippen molar-refractivity contribution in [3.63, 3.8) is 0 Å². The number of aliphatic hydroxyl groups is 4. The van der Waals surface area contributed by atoms with Gasteiger partial charge < -0.3 is 25.2 Å². The standard InChI is InChI=1S/C7H14O5/c1-3-5(9)7(11)6(10)4(2-8)12-3/h3-11H,2H2,1H3/t3?,4?,5-,6?,7+/m0/s1. The summed E-state index contributed by atoms with van der Waals surface area (Å²) in [6.07, 6.45) is -4.94. The van der Waals surface area contributed by atoms with E-state index in [0.717, 1.165) is 0 Å². The van der Waals surface area contributed by atoms with Crippen LogP contribution in [0, 0.1) is 0 Å². The molecule has 12 heavy (non-hydrogen) atoms. The molecule has 0 aromatic rings. The van der Waals surface area contributed by atoms with E-state index in [-0.39, 0.29) is 6.61 Å². The van der Waals surface area contributed by atoms with Gasteiger partial charge in [0.1, 0.15) is 24.4 Å². The van der Waals surface area contributed by atoms with Crippen molar-refractivity contribution in [1.29, 1.82) is 0 Å². The minimum absolute atomic E-state index is 0.366. The molecule has 5 heteroatoms. The summed E-state index contributed by atoms with van der Waals surface area (Å²) in [4.78, 5) is 0. The average molecular weight is 178 g/mol. The summed E-state index contributed by atoms with van der Waals surface area (Å²) >= 11 is 0. The summed E-state index contributed by atoms with van der Waals surface area (Å²) in [6.45, 7) is 1.21. The van der Waals surface area contributed by atoms with Crippen molar-refractivity contribution < 1.29 is 25.2 Å². The summed E-state index contributed by atoms with van der Waals surface area (Å²) in [5.74, 6) is 0. The zero-order valence-corrected chi connectivity index (χ0v) is 6.79. The molecule has 1 aliphatic heterocycles. The molecule has 0 spiro atoms. The Hall–Kier alpha value is -0.200. The Labute approximate surface area is 70.2 Å². The maximum atomic E-state index is 9.23. The van der Waals surface area contributed by atoms with Crippen molar-refractivity contribution in [1.82, 2.24) is 0 Å². The van der Waals surface area contributed by atoms with Crippen LogP contribution in [0.25, 0.3) is 0 Å². The van der Waals surface area contributed by atoms with Crippen molar-refractivity contribution in [2.24, 2.45) is 0 Å². The minimum Gasteiger partial charge on any atom is -0.394 e. The Bertz CT molecular complexity index is 146. The molecule has 1 rings (SSSR count). The fraction of sp³-hybridized carbons (Fsp3) is 1.00. The van der Waals surface area contributed by atoms with Crippen molar-refractivity contribution in [2.75, 3.05) is 6.61 Å². The first-order chi connectivity index (χ1) is 5.57. The second kappa shape index (κ2) is 3.68. The van der Waals surface area contributed by atoms with E-state index < -0.39 is 30.5 Å². The molecule has 0 radical (unpaired) electrons. The fourth-order valence-electron chi connectivity index (χ4n) is 1.29. The lowest BCUT2D eigenvalue weighted by atomic mass is 9.96. The van der Waals surface area contributed by atoms with Crippen molar-refractivity contribution in [3.05, 3.63) is 0 Å². The molecule has 0 amide bonds. The van der Waals surface area contributed by atoms with E-state index in [9.17, 15) is 15.3 Å². The third kappa shape index (κ3) is 1.60. The van der Waals surface area contributed by atoms with E-state index in [2.05, 4.69) is 0 Å². The number of rotatable bonds is 1. The second-order valence-electron chi connectivity index (χ2n) is 3.03. The summed E-state index contributed by atoms with van der Waals surface area (Å²) < 4.78 is 5.02. The molecule has 1 heterocycles. The predicted octanol–water partition coefficient (Wildman–Crippen LogP) is -2.15. The third-order valence-corrected chi connectivity index (χ3v) is 2.13. The molecular formula is C7H14O5. The molecule has 0 aromatic carbocycles. The first-order valence-corrected chi connectivity index (χ1v) is 3.88. The largest absolute Gasteiger partial charge is 0.394 e. The van der Waals surface area contributed by atoms with Crippen LogP contribution in [0.15, 0.2) is 0 Å².